The van der Waals surface area contributed by atoms with Gasteiger partial charge in [0.25, 0.3) is 0 Å². The number of oxazole rings is 1. The van der Waals surface area contributed by atoms with E-state index in [0.29, 0.717) is 5.76 Å². The van der Waals surface area contributed by atoms with Crippen molar-refractivity contribution in [1.82, 2.24) is 9.71 Å². The normalized spacial score (nSPS) is 13.3. The van der Waals surface area contributed by atoms with Crippen LogP contribution in [-0.4, -0.2) is 13.4 Å². The number of nitrogens with zero attached hydrogens (tertiary/aromatic N) is 1. The van der Waals surface area contributed by atoms with Gasteiger partial charge in [-0.2, -0.15) is 4.72 Å². The zero-order valence-electron chi connectivity index (χ0n) is 10.9. The fourth-order valence-corrected chi connectivity index (χ4v) is 3.00. The van der Waals surface area contributed by atoms with Crippen molar-refractivity contribution in [3.8, 4) is 0 Å². The lowest BCUT2D eigenvalue weighted by Gasteiger charge is -2.12. The highest BCUT2D eigenvalue weighted by Crippen LogP contribution is 2.22. The summed E-state index contributed by atoms with van der Waals surface area (Å²) in [4.78, 5) is 3.62. The Kier molecular flexibility index (Phi) is 3.78. The maximum atomic E-state index is 13.2. The molecule has 0 bridgehead atoms. The van der Waals surface area contributed by atoms with Crippen molar-refractivity contribution in [3.05, 3.63) is 41.9 Å². The Morgan fingerprint density at radius 3 is 2.75 bits per heavy atom. The summed E-state index contributed by atoms with van der Waals surface area (Å²) in [6.45, 7) is 3.26. The van der Waals surface area contributed by atoms with Crippen LogP contribution in [0.2, 0.25) is 0 Å². The third-order valence-corrected chi connectivity index (χ3v) is 4.20. The van der Waals surface area contributed by atoms with Crippen LogP contribution in [0.1, 0.15) is 24.6 Å². The summed E-state index contributed by atoms with van der Waals surface area (Å²) in [7, 11) is -3.97. The van der Waals surface area contributed by atoms with Gasteiger partial charge in [0.2, 0.25) is 15.9 Å². The van der Waals surface area contributed by atoms with E-state index in [0.717, 1.165) is 12.1 Å². The number of rotatable bonds is 4. The minimum Gasteiger partial charge on any atom is -0.444 e. The number of benzene rings is 1. The summed E-state index contributed by atoms with van der Waals surface area (Å²) in [5.41, 5.74) is 5.54. The van der Waals surface area contributed by atoms with Crippen LogP contribution in [0.15, 0.2) is 33.7 Å². The van der Waals surface area contributed by atoms with E-state index < -0.39 is 21.9 Å². The Morgan fingerprint density at radius 1 is 1.45 bits per heavy atom. The molecule has 0 amide bonds. The van der Waals surface area contributed by atoms with E-state index in [9.17, 15) is 12.8 Å². The zero-order valence-corrected chi connectivity index (χ0v) is 11.7. The molecule has 0 aliphatic rings. The molecule has 8 heteroatoms. The third kappa shape index (κ3) is 2.97. The summed E-state index contributed by atoms with van der Waals surface area (Å²) in [5, 5.41) is 0. The van der Waals surface area contributed by atoms with Crippen LogP contribution < -0.4 is 10.5 Å². The first kappa shape index (κ1) is 14.5. The minimum atomic E-state index is -3.97. The molecule has 1 atom stereocenters. The van der Waals surface area contributed by atoms with E-state index in [-0.39, 0.29) is 16.5 Å². The molecule has 0 saturated carbocycles. The molecular formula is C12H14FN3O3S. The Labute approximate surface area is 115 Å². The lowest BCUT2D eigenvalue weighted by molar-refractivity contribution is 0.428. The second-order valence-corrected chi connectivity index (χ2v) is 6.02. The van der Waals surface area contributed by atoms with E-state index in [2.05, 4.69) is 9.71 Å². The van der Waals surface area contributed by atoms with Crippen LogP contribution in [0.5, 0.6) is 0 Å². The van der Waals surface area contributed by atoms with Crippen molar-refractivity contribution in [2.24, 2.45) is 0 Å². The summed E-state index contributed by atoms with van der Waals surface area (Å²) < 4.78 is 45.1. The van der Waals surface area contributed by atoms with Gasteiger partial charge in [0, 0.05) is 0 Å². The van der Waals surface area contributed by atoms with Gasteiger partial charge in [-0.25, -0.2) is 17.8 Å². The summed E-state index contributed by atoms with van der Waals surface area (Å²) in [5.74, 6) is 0.108. The Morgan fingerprint density at radius 2 is 2.15 bits per heavy atom. The average molecular weight is 299 g/mol. The number of anilines is 1. The molecule has 2 aromatic rings. The molecule has 1 unspecified atom stereocenters. The van der Waals surface area contributed by atoms with Crippen LogP contribution in [0.4, 0.5) is 10.1 Å². The molecule has 0 saturated heterocycles. The van der Waals surface area contributed by atoms with Gasteiger partial charge in [-0.15, -0.1) is 0 Å². The number of nitrogen functional groups attached to an aromatic ring is 1. The van der Waals surface area contributed by atoms with E-state index in [4.69, 9.17) is 10.2 Å². The molecule has 0 aliphatic carbocycles. The van der Waals surface area contributed by atoms with Gasteiger partial charge in [-0.05, 0) is 32.0 Å². The van der Waals surface area contributed by atoms with Gasteiger partial charge < -0.3 is 10.2 Å². The number of aromatic nitrogens is 1. The summed E-state index contributed by atoms with van der Waals surface area (Å²) in [6, 6.07) is 2.46. The Bertz CT molecular complexity index is 727. The number of hydrogen-bond acceptors (Lipinski definition) is 5. The highest BCUT2D eigenvalue weighted by atomic mass is 32.2. The highest BCUT2D eigenvalue weighted by Gasteiger charge is 2.23. The summed E-state index contributed by atoms with van der Waals surface area (Å²) >= 11 is 0. The molecule has 1 heterocycles. The minimum absolute atomic E-state index is 0.0327. The first-order chi connectivity index (χ1) is 9.29. The predicted octanol–water partition coefficient (Wildman–Crippen LogP) is 1.74. The van der Waals surface area contributed by atoms with Crippen molar-refractivity contribution >= 4 is 15.7 Å². The second kappa shape index (κ2) is 5.22. The van der Waals surface area contributed by atoms with Gasteiger partial charge in [-0.3, -0.25) is 0 Å². The van der Waals surface area contributed by atoms with Gasteiger partial charge >= 0.3 is 0 Å². The van der Waals surface area contributed by atoms with Crippen LogP contribution >= 0.6 is 0 Å². The predicted molar refractivity (Wildman–Crippen MR) is 70.8 cm³/mol. The average Bonchev–Trinajstić information content (AvgIpc) is 2.78. The van der Waals surface area contributed by atoms with Crippen molar-refractivity contribution in [2.75, 3.05) is 5.73 Å². The van der Waals surface area contributed by atoms with Gasteiger partial charge in [0.1, 0.15) is 16.5 Å². The lowest BCUT2D eigenvalue weighted by Crippen LogP contribution is -2.27. The number of nitrogens with two attached hydrogens (primary N) is 1. The largest absolute Gasteiger partial charge is 0.444 e. The lowest BCUT2D eigenvalue weighted by atomic mass is 10.3. The topological polar surface area (TPSA) is 98.2 Å². The highest BCUT2D eigenvalue weighted by molar-refractivity contribution is 7.89. The van der Waals surface area contributed by atoms with Crippen molar-refractivity contribution in [2.45, 2.75) is 24.8 Å². The van der Waals surface area contributed by atoms with Crippen LogP contribution in [0, 0.1) is 12.7 Å². The fraction of sp³-hybridized carbons (Fsp3) is 0.250. The van der Waals surface area contributed by atoms with Crippen LogP contribution in [0.3, 0.4) is 0 Å². The third-order valence-electron chi connectivity index (χ3n) is 2.61. The van der Waals surface area contributed by atoms with E-state index in [1.807, 2.05) is 0 Å². The molecule has 3 N–H and O–H groups in total. The number of hydrogen-bond donors (Lipinski definition) is 2. The molecule has 20 heavy (non-hydrogen) atoms. The fourth-order valence-electron chi connectivity index (χ4n) is 1.66. The molecule has 108 valence electrons. The number of sulfonamides is 1. The quantitative estimate of drug-likeness (QED) is 0.838. The number of nitrogens with one attached hydrogen (secondary N) is 1. The maximum absolute atomic E-state index is 13.2. The smallest absolute Gasteiger partial charge is 0.243 e. The number of aryl methyl sites for hydroxylation is 1. The van der Waals surface area contributed by atoms with Gasteiger partial charge in [0.15, 0.2) is 0 Å². The van der Waals surface area contributed by atoms with Gasteiger partial charge in [0.05, 0.1) is 17.9 Å². The first-order valence-corrected chi connectivity index (χ1v) is 7.27. The number of halogens is 1. The SMILES string of the molecule is Cc1cnc(C(C)NS(=O)(=O)c2cc(F)ccc2N)o1. The van der Waals surface area contributed by atoms with Crippen molar-refractivity contribution < 1.29 is 17.2 Å². The summed E-state index contributed by atoms with van der Waals surface area (Å²) in [6.07, 6.45) is 1.48. The molecule has 0 fully saturated rings. The standard InChI is InChI=1S/C12H14FN3O3S/c1-7-6-15-12(19-7)8(2)16-20(17,18)11-5-9(13)3-4-10(11)14/h3-6,8,16H,14H2,1-2H3. The molecule has 0 aliphatic heterocycles. The molecule has 0 radical (unpaired) electrons. The molecule has 1 aromatic heterocycles. The van der Waals surface area contributed by atoms with Crippen molar-refractivity contribution in [3.63, 3.8) is 0 Å². The molecule has 0 spiro atoms. The molecule has 1 aromatic carbocycles. The van der Waals surface area contributed by atoms with E-state index in [1.54, 1.807) is 13.8 Å². The van der Waals surface area contributed by atoms with Gasteiger partial charge in [-0.1, -0.05) is 0 Å². The van der Waals surface area contributed by atoms with Crippen LogP contribution in [0.25, 0.3) is 0 Å². The van der Waals surface area contributed by atoms with E-state index in [1.165, 1.54) is 12.3 Å². The molecule has 2 rings (SSSR count). The molecule has 6 nitrogen and oxygen atoms in total. The van der Waals surface area contributed by atoms with Crippen molar-refractivity contribution in [1.29, 1.82) is 0 Å². The first-order valence-electron chi connectivity index (χ1n) is 5.79. The second-order valence-electron chi connectivity index (χ2n) is 4.33. The zero-order chi connectivity index (χ0) is 14.9. The Hall–Kier alpha value is -1.93. The Balaban J connectivity index is 2.29. The monoisotopic (exact) mass is 299 g/mol. The molecular weight excluding hydrogens is 285 g/mol. The van der Waals surface area contributed by atoms with E-state index >= 15 is 0 Å². The maximum Gasteiger partial charge on any atom is 0.243 e. The van der Waals surface area contributed by atoms with Crippen LogP contribution in [-0.2, 0) is 10.0 Å².